The van der Waals surface area contributed by atoms with Gasteiger partial charge in [0, 0.05) is 43.6 Å². The van der Waals surface area contributed by atoms with Gasteiger partial charge in [0.05, 0.1) is 5.92 Å². The summed E-state index contributed by atoms with van der Waals surface area (Å²) in [6.45, 7) is 6.91. The van der Waals surface area contributed by atoms with Crippen LogP contribution in [-0.4, -0.2) is 53.1 Å². The van der Waals surface area contributed by atoms with Crippen molar-refractivity contribution >= 4 is 23.3 Å². The fourth-order valence-electron chi connectivity index (χ4n) is 4.95. The average molecular weight is 470 g/mol. The molecule has 0 atom stereocenters. The van der Waals surface area contributed by atoms with Crippen molar-refractivity contribution < 1.29 is 9.59 Å². The summed E-state index contributed by atoms with van der Waals surface area (Å²) in [5.41, 5.74) is 5.12. The number of nitrogens with one attached hydrogen (secondary N) is 1. The SMILES string of the molecule is Cc1cccc(C(=O)N2CCC(c3ccc(NC(=O)C4CN(c5cccnn5)C4)cc3)CC2)c1C. The molecule has 3 heterocycles. The Balaban J connectivity index is 1.11. The van der Waals surface area contributed by atoms with Gasteiger partial charge in [-0.1, -0.05) is 24.3 Å². The van der Waals surface area contributed by atoms with Crippen LogP contribution in [-0.2, 0) is 4.79 Å². The van der Waals surface area contributed by atoms with Crippen LogP contribution in [0, 0.1) is 19.8 Å². The highest BCUT2D eigenvalue weighted by molar-refractivity contribution is 5.96. The summed E-state index contributed by atoms with van der Waals surface area (Å²) in [6, 6.07) is 17.9. The molecule has 0 saturated carbocycles. The second-order valence-corrected chi connectivity index (χ2v) is 9.61. The van der Waals surface area contributed by atoms with E-state index in [9.17, 15) is 9.59 Å². The minimum atomic E-state index is -0.0458. The predicted molar refractivity (Wildman–Crippen MR) is 137 cm³/mol. The van der Waals surface area contributed by atoms with Gasteiger partial charge in [0.25, 0.3) is 5.91 Å². The van der Waals surface area contributed by atoms with Crippen LogP contribution in [0.4, 0.5) is 11.5 Å². The van der Waals surface area contributed by atoms with Crippen LogP contribution in [0.15, 0.2) is 60.8 Å². The molecule has 2 aliphatic heterocycles. The number of nitrogens with zero attached hydrogens (tertiary/aromatic N) is 4. The number of aromatic nitrogens is 2. The third-order valence-electron chi connectivity index (χ3n) is 7.40. The van der Waals surface area contributed by atoms with Gasteiger partial charge in [0.1, 0.15) is 0 Å². The van der Waals surface area contributed by atoms with Crippen molar-refractivity contribution in [2.75, 3.05) is 36.4 Å². The summed E-state index contributed by atoms with van der Waals surface area (Å²) in [6.07, 6.45) is 3.54. The molecular formula is C28H31N5O2. The Morgan fingerprint density at radius 1 is 0.943 bits per heavy atom. The number of carbonyl (C=O) groups is 2. The summed E-state index contributed by atoms with van der Waals surface area (Å²) in [5, 5.41) is 11.0. The third-order valence-corrected chi connectivity index (χ3v) is 7.40. The predicted octanol–water partition coefficient (Wildman–Crippen LogP) is 4.19. The first kappa shape index (κ1) is 23.0. The highest BCUT2D eigenvalue weighted by Crippen LogP contribution is 2.30. The van der Waals surface area contributed by atoms with Gasteiger partial charge in [-0.25, -0.2) is 0 Å². The average Bonchev–Trinajstić information content (AvgIpc) is 2.86. The smallest absolute Gasteiger partial charge is 0.254 e. The van der Waals surface area contributed by atoms with E-state index in [4.69, 9.17) is 0 Å². The number of likely N-dealkylation sites (tertiary alicyclic amines) is 1. The van der Waals surface area contributed by atoms with Gasteiger partial charge < -0.3 is 15.1 Å². The Kier molecular flexibility index (Phi) is 6.49. The number of benzene rings is 2. The zero-order valence-corrected chi connectivity index (χ0v) is 20.3. The van der Waals surface area contributed by atoms with Crippen LogP contribution in [0.1, 0.15) is 45.8 Å². The lowest BCUT2D eigenvalue weighted by Crippen LogP contribution is -2.52. The topological polar surface area (TPSA) is 78.4 Å². The Bertz CT molecular complexity index is 1200. The lowest BCUT2D eigenvalue weighted by atomic mass is 9.89. The first-order valence-corrected chi connectivity index (χ1v) is 12.3. The van der Waals surface area contributed by atoms with Gasteiger partial charge in [0.2, 0.25) is 5.91 Å². The maximum atomic E-state index is 13.0. The maximum Gasteiger partial charge on any atom is 0.254 e. The number of aryl methyl sites for hydroxylation is 1. The molecule has 2 aliphatic rings. The van der Waals surface area contributed by atoms with E-state index in [1.165, 1.54) is 5.56 Å². The quantitative estimate of drug-likeness (QED) is 0.606. The lowest BCUT2D eigenvalue weighted by molar-refractivity contribution is -0.120. The first-order valence-electron chi connectivity index (χ1n) is 12.3. The minimum Gasteiger partial charge on any atom is -0.353 e. The molecule has 2 fully saturated rings. The number of rotatable bonds is 5. The molecule has 0 radical (unpaired) electrons. The van der Waals surface area contributed by atoms with E-state index in [2.05, 4.69) is 32.5 Å². The normalized spacial score (nSPS) is 16.6. The van der Waals surface area contributed by atoms with E-state index >= 15 is 0 Å². The van der Waals surface area contributed by atoms with E-state index in [-0.39, 0.29) is 17.7 Å². The van der Waals surface area contributed by atoms with Crippen molar-refractivity contribution in [2.24, 2.45) is 5.92 Å². The first-order chi connectivity index (χ1) is 17.0. The molecule has 0 spiro atoms. The van der Waals surface area contributed by atoms with Crippen molar-refractivity contribution in [3.05, 3.63) is 83.0 Å². The standard InChI is InChI=1S/C28H31N5O2/c1-19-5-3-6-25(20(19)2)28(35)32-15-12-22(13-16-32)21-8-10-24(11-9-21)30-27(34)23-17-33(18-23)26-7-4-14-29-31-26/h3-11,14,22-23H,12-13,15-18H2,1-2H3,(H,30,34). The molecule has 7 nitrogen and oxygen atoms in total. The van der Waals surface area contributed by atoms with Crippen LogP contribution in [0.2, 0.25) is 0 Å². The van der Waals surface area contributed by atoms with Crippen LogP contribution >= 0.6 is 0 Å². The number of carbonyl (C=O) groups excluding carboxylic acids is 2. The second-order valence-electron chi connectivity index (χ2n) is 9.61. The number of piperidine rings is 1. The van der Waals surface area contributed by atoms with Crippen LogP contribution in [0.25, 0.3) is 0 Å². The minimum absolute atomic E-state index is 0.0381. The van der Waals surface area contributed by atoms with Crippen LogP contribution in [0.3, 0.4) is 0 Å². The highest BCUT2D eigenvalue weighted by Gasteiger charge is 2.33. The third kappa shape index (κ3) is 4.90. The Labute approximate surface area is 206 Å². The Morgan fingerprint density at radius 2 is 1.69 bits per heavy atom. The fourth-order valence-corrected chi connectivity index (χ4v) is 4.95. The molecule has 0 aliphatic carbocycles. The summed E-state index contributed by atoms with van der Waals surface area (Å²) in [7, 11) is 0. The molecule has 3 aromatic rings. The summed E-state index contributed by atoms with van der Waals surface area (Å²) >= 11 is 0. The van der Waals surface area contributed by atoms with E-state index in [0.29, 0.717) is 19.0 Å². The van der Waals surface area contributed by atoms with Gasteiger partial charge in [-0.05, 0) is 79.6 Å². The molecule has 0 unspecified atom stereocenters. The Hall–Kier alpha value is -3.74. The second kappa shape index (κ2) is 9.86. The maximum absolute atomic E-state index is 13.0. The van der Waals surface area contributed by atoms with Crippen LogP contribution < -0.4 is 10.2 Å². The highest BCUT2D eigenvalue weighted by atomic mass is 16.2. The molecule has 180 valence electrons. The Morgan fingerprint density at radius 3 is 2.37 bits per heavy atom. The zero-order valence-electron chi connectivity index (χ0n) is 20.3. The van der Waals surface area contributed by atoms with E-state index in [0.717, 1.165) is 54.1 Å². The molecule has 7 heteroatoms. The van der Waals surface area contributed by atoms with E-state index < -0.39 is 0 Å². The zero-order chi connectivity index (χ0) is 24.4. The molecule has 2 aromatic carbocycles. The van der Waals surface area contributed by atoms with Gasteiger partial charge in [0.15, 0.2) is 5.82 Å². The molecular weight excluding hydrogens is 438 g/mol. The van der Waals surface area contributed by atoms with Crippen molar-refractivity contribution in [2.45, 2.75) is 32.6 Å². The summed E-state index contributed by atoms with van der Waals surface area (Å²) in [5.74, 6) is 1.36. The van der Waals surface area contributed by atoms with Crippen molar-refractivity contribution in [3.63, 3.8) is 0 Å². The number of anilines is 2. The number of amides is 2. The molecule has 2 amide bonds. The van der Waals surface area contributed by atoms with Gasteiger partial charge in [-0.3, -0.25) is 9.59 Å². The number of hydrogen-bond acceptors (Lipinski definition) is 5. The molecule has 5 rings (SSSR count). The van der Waals surface area contributed by atoms with Gasteiger partial charge in [-0.15, -0.1) is 5.10 Å². The molecule has 0 bridgehead atoms. The van der Waals surface area contributed by atoms with Crippen LogP contribution in [0.5, 0.6) is 0 Å². The van der Waals surface area contributed by atoms with E-state index in [1.54, 1.807) is 6.20 Å². The summed E-state index contributed by atoms with van der Waals surface area (Å²) in [4.78, 5) is 29.7. The largest absolute Gasteiger partial charge is 0.353 e. The molecule has 1 aromatic heterocycles. The van der Waals surface area contributed by atoms with Gasteiger partial charge in [-0.2, -0.15) is 5.10 Å². The van der Waals surface area contributed by atoms with Gasteiger partial charge >= 0.3 is 0 Å². The summed E-state index contributed by atoms with van der Waals surface area (Å²) < 4.78 is 0. The van der Waals surface area contributed by atoms with Crippen molar-refractivity contribution in [3.8, 4) is 0 Å². The van der Waals surface area contributed by atoms with E-state index in [1.807, 2.05) is 61.2 Å². The molecule has 1 N–H and O–H groups in total. The monoisotopic (exact) mass is 469 g/mol. The van der Waals surface area contributed by atoms with Crippen molar-refractivity contribution in [1.82, 2.24) is 15.1 Å². The molecule has 2 saturated heterocycles. The fraction of sp³-hybridized carbons (Fsp3) is 0.357. The van der Waals surface area contributed by atoms with Crippen molar-refractivity contribution in [1.29, 1.82) is 0 Å². The molecule has 35 heavy (non-hydrogen) atoms. The number of hydrogen-bond donors (Lipinski definition) is 1. The lowest BCUT2D eigenvalue weighted by Gasteiger charge is -2.38.